The van der Waals surface area contributed by atoms with Gasteiger partial charge < -0.3 is 29.9 Å². The van der Waals surface area contributed by atoms with Crippen LogP contribution in [-0.2, 0) is 0 Å². The zero-order valence-corrected chi connectivity index (χ0v) is 26.8. The number of rotatable bonds is 7. The van der Waals surface area contributed by atoms with Crippen LogP contribution in [0.3, 0.4) is 0 Å². The van der Waals surface area contributed by atoms with Gasteiger partial charge in [-0.2, -0.15) is 9.97 Å². The van der Waals surface area contributed by atoms with Crippen LogP contribution in [0.1, 0.15) is 32.1 Å². The van der Waals surface area contributed by atoms with Crippen LogP contribution in [0.15, 0.2) is 30.3 Å². The van der Waals surface area contributed by atoms with E-state index in [9.17, 15) is 9.50 Å². The molecular formula is C36H38F4N6O2. The maximum Gasteiger partial charge on any atom is 0.319 e. The Bertz CT molecular complexity index is 1950. The number of phenolic OH excluding ortho intramolecular Hbond substituents is 1. The highest BCUT2D eigenvalue weighted by Crippen LogP contribution is 2.49. The lowest BCUT2D eigenvalue weighted by Gasteiger charge is -2.46. The van der Waals surface area contributed by atoms with E-state index in [1.165, 1.54) is 18.6 Å². The zero-order valence-electron chi connectivity index (χ0n) is 26.8. The Hall–Kier alpha value is -3.74. The summed E-state index contributed by atoms with van der Waals surface area (Å²) in [4.78, 5) is 16.2. The minimum absolute atomic E-state index is 0.00242. The molecule has 2 atom stereocenters. The van der Waals surface area contributed by atoms with E-state index in [1.54, 1.807) is 0 Å². The van der Waals surface area contributed by atoms with Crippen molar-refractivity contribution in [3.05, 3.63) is 53.6 Å². The van der Waals surface area contributed by atoms with E-state index in [2.05, 4.69) is 27.1 Å². The maximum atomic E-state index is 16.8. The molecule has 5 heterocycles. The van der Waals surface area contributed by atoms with Crippen molar-refractivity contribution in [2.45, 2.75) is 44.2 Å². The van der Waals surface area contributed by atoms with E-state index in [1.807, 2.05) is 4.90 Å². The van der Waals surface area contributed by atoms with Gasteiger partial charge in [-0.1, -0.05) is 6.07 Å². The number of hydrogen-bond donors (Lipinski definition) is 2. The van der Waals surface area contributed by atoms with E-state index < -0.39 is 28.8 Å². The first-order valence-electron chi connectivity index (χ1n) is 16.9. The molecule has 5 aliphatic rings. The maximum absolute atomic E-state index is 16.8. The number of benzene rings is 3. The van der Waals surface area contributed by atoms with Crippen LogP contribution in [-0.4, -0.2) is 96.4 Å². The summed E-state index contributed by atoms with van der Waals surface area (Å²) >= 11 is 0. The summed E-state index contributed by atoms with van der Waals surface area (Å²) in [7, 11) is 2.16. The minimum atomic E-state index is -1.26. The minimum Gasteiger partial charge on any atom is -0.508 e. The molecule has 1 aromatic heterocycles. The highest BCUT2D eigenvalue weighted by molar-refractivity contribution is 6.02. The summed E-state index contributed by atoms with van der Waals surface area (Å²) in [6.07, 6.45) is 5.26. The average Bonchev–Trinajstić information content (AvgIpc) is 3.55. The summed E-state index contributed by atoms with van der Waals surface area (Å²) in [5.41, 5.74) is -0.703. The average molecular weight is 663 g/mol. The van der Waals surface area contributed by atoms with Crippen molar-refractivity contribution in [2.24, 2.45) is 10.8 Å². The van der Waals surface area contributed by atoms with E-state index in [-0.39, 0.29) is 56.5 Å². The van der Waals surface area contributed by atoms with Crippen molar-refractivity contribution in [1.29, 1.82) is 0 Å². The second kappa shape index (κ2) is 10.9. The van der Waals surface area contributed by atoms with E-state index in [4.69, 9.17) is 9.72 Å². The second-order valence-corrected chi connectivity index (χ2v) is 15.2. The lowest BCUT2D eigenvalue weighted by Crippen LogP contribution is -2.55. The number of aromatic nitrogens is 2. The molecule has 1 spiro atoms. The summed E-state index contributed by atoms with van der Waals surface area (Å²) in [5.74, 6) is -4.42. The van der Waals surface area contributed by atoms with Crippen molar-refractivity contribution in [3.63, 3.8) is 0 Å². The van der Waals surface area contributed by atoms with Crippen LogP contribution < -0.4 is 15.0 Å². The van der Waals surface area contributed by atoms with E-state index in [0.29, 0.717) is 30.9 Å². The number of phenols is 1. The fraction of sp³-hybridized carbons (Fsp3) is 0.500. The number of hydrogen-bond acceptors (Lipinski definition) is 8. The molecule has 0 amide bonds. The van der Waals surface area contributed by atoms with Gasteiger partial charge >= 0.3 is 6.01 Å². The Labute approximate surface area is 275 Å². The monoisotopic (exact) mass is 662 g/mol. The molecule has 5 fully saturated rings. The number of halogens is 4. The molecule has 4 saturated heterocycles. The Kier molecular flexibility index (Phi) is 6.88. The molecule has 12 heteroatoms. The molecule has 9 rings (SSSR count). The third-order valence-corrected chi connectivity index (χ3v) is 11.4. The topological polar surface area (TPSA) is 77.0 Å². The van der Waals surface area contributed by atoms with Gasteiger partial charge in [0.15, 0.2) is 17.5 Å². The third kappa shape index (κ3) is 5.06. The van der Waals surface area contributed by atoms with Crippen molar-refractivity contribution in [2.75, 3.05) is 64.4 Å². The number of anilines is 1. The fourth-order valence-electron chi connectivity index (χ4n) is 9.00. The highest BCUT2D eigenvalue weighted by atomic mass is 19.2. The van der Waals surface area contributed by atoms with Crippen LogP contribution in [0.5, 0.6) is 11.8 Å². The number of fused-ring (bicyclic) bond motifs is 4. The van der Waals surface area contributed by atoms with Gasteiger partial charge in [-0.25, -0.2) is 17.6 Å². The number of nitrogens with one attached hydrogen (secondary N) is 1. The number of piperazine rings is 1. The van der Waals surface area contributed by atoms with Gasteiger partial charge in [-0.15, -0.1) is 0 Å². The molecule has 1 aliphatic carbocycles. The summed E-state index contributed by atoms with van der Waals surface area (Å²) in [5, 5.41) is 14.0. The quantitative estimate of drug-likeness (QED) is 0.253. The lowest BCUT2D eigenvalue weighted by atomic mass is 9.79. The van der Waals surface area contributed by atoms with Gasteiger partial charge in [0.05, 0.1) is 12.2 Å². The van der Waals surface area contributed by atoms with Gasteiger partial charge in [-0.3, -0.25) is 0 Å². The van der Waals surface area contributed by atoms with Crippen LogP contribution in [0, 0.1) is 34.1 Å². The molecule has 8 nitrogen and oxygen atoms in total. The molecule has 48 heavy (non-hydrogen) atoms. The molecule has 2 unspecified atom stereocenters. The molecule has 1 saturated carbocycles. The Morgan fingerprint density at radius 1 is 0.938 bits per heavy atom. The predicted octanol–water partition coefficient (Wildman–Crippen LogP) is 5.45. The lowest BCUT2D eigenvalue weighted by molar-refractivity contribution is 0.0278. The molecule has 4 aliphatic heterocycles. The number of ether oxygens (including phenoxy) is 1. The van der Waals surface area contributed by atoms with Crippen molar-refractivity contribution >= 4 is 27.5 Å². The molecular weight excluding hydrogens is 624 g/mol. The van der Waals surface area contributed by atoms with Crippen LogP contribution in [0.25, 0.3) is 32.8 Å². The SMILES string of the molecule is CN1CC2(CCN(CC3(COc4nc(N5CC6CCC(C5)N6)c5cc(F)c(-c6cc(O)cc7ccc(F)c(F)c67)c(F)c5n4)CC3)C2)C1. The zero-order chi connectivity index (χ0) is 32.9. The van der Waals surface area contributed by atoms with Crippen LogP contribution in [0.2, 0.25) is 0 Å². The number of likely N-dealkylation sites (tertiary alicyclic amines) is 2. The van der Waals surface area contributed by atoms with Crippen molar-refractivity contribution in [3.8, 4) is 22.9 Å². The number of aromatic hydroxyl groups is 1. The molecule has 3 aromatic carbocycles. The van der Waals surface area contributed by atoms with Crippen LogP contribution >= 0.6 is 0 Å². The summed E-state index contributed by atoms with van der Waals surface area (Å²) < 4.78 is 68.8. The summed E-state index contributed by atoms with van der Waals surface area (Å²) in [6.45, 7) is 6.99. The fourth-order valence-corrected chi connectivity index (χ4v) is 9.00. The van der Waals surface area contributed by atoms with Crippen LogP contribution in [0.4, 0.5) is 23.4 Å². The molecule has 252 valence electrons. The van der Waals surface area contributed by atoms with Gasteiger partial charge in [0.2, 0.25) is 0 Å². The second-order valence-electron chi connectivity index (χ2n) is 15.2. The normalized spacial score (nSPS) is 24.6. The van der Waals surface area contributed by atoms with Gasteiger partial charge in [0.25, 0.3) is 0 Å². The first-order valence-corrected chi connectivity index (χ1v) is 16.9. The molecule has 2 bridgehead atoms. The van der Waals surface area contributed by atoms with Crippen molar-refractivity contribution in [1.82, 2.24) is 25.1 Å². The molecule has 0 radical (unpaired) electrons. The third-order valence-electron chi connectivity index (χ3n) is 11.4. The summed E-state index contributed by atoms with van der Waals surface area (Å²) in [6, 6.07) is 6.08. The standard InChI is InChI=1S/C36H38F4N6O2/c1-44-15-36(16-44)8-9-45(18-36)17-35(6-7-35)19-48-34-42-32-25(33(43-34)46-13-21-3-4-22(14-46)41-21)12-27(38)29(31(32)40)24-11-23(47)10-20-2-5-26(37)30(39)28(20)24/h2,5,10-12,21-22,41,47H,3-4,6-9,13-19H2,1H3. The first kappa shape index (κ1) is 30.3. The first-order chi connectivity index (χ1) is 23.1. The van der Waals surface area contributed by atoms with Crippen molar-refractivity contribution < 1.29 is 27.4 Å². The predicted molar refractivity (Wildman–Crippen MR) is 174 cm³/mol. The molecule has 2 N–H and O–H groups in total. The van der Waals surface area contributed by atoms with E-state index in [0.717, 1.165) is 76.6 Å². The Balaban J connectivity index is 1.10. The smallest absolute Gasteiger partial charge is 0.319 e. The Morgan fingerprint density at radius 2 is 1.71 bits per heavy atom. The molecule has 4 aromatic rings. The van der Waals surface area contributed by atoms with Gasteiger partial charge in [-0.05, 0) is 75.3 Å². The van der Waals surface area contributed by atoms with Gasteiger partial charge in [0.1, 0.15) is 22.9 Å². The number of nitrogens with zero attached hydrogens (tertiary/aromatic N) is 5. The highest BCUT2D eigenvalue weighted by Gasteiger charge is 2.51. The van der Waals surface area contributed by atoms with Gasteiger partial charge in [0, 0.05) is 78.5 Å². The Morgan fingerprint density at radius 3 is 2.44 bits per heavy atom. The van der Waals surface area contributed by atoms with E-state index >= 15 is 13.2 Å². The largest absolute Gasteiger partial charge is 0.508 e.